The van der Waals surface area contributed by atoms with Crippen LogP contribution in [0.25, 0.3) is 5.57 Å². The lowest BCUT2D eigenvalue weighted by Crippen LogP contribution is -2.46. The molecule has 2 aromatic carbocycles. The largest absolute Gasteiger partial charge is 0.478 e. The Labute approximate surface area is 207 Å². The number of anilines is 1. The molecule has 0 saturated carbocycles. The van der Waals surface area contributed by atoms with Crippen LogP contribution in [0, 0.1) is 6.92 Å². The van der Waals surface area contributed by atoms with Crippen LogP contribution in [0.1, 0.15) is 48.2 Å². The Balaban J connectivity index is 2.59. The second-order valence-corrected chi connectivity index (χ2v) is 21.4. The normalized spacial score (nSPS) is 12.6. The number of allylic oxidation sites excluding steroid dienone is 1. The van der Waals surface area contributed by atoms with Crippen molar-refractivity contribution in [1.29, 1.82) is 0 Å². The van der Waals surface area contributed by atoms with Gasteiger partial charge in [0.15, 0.2) is 0 Å². The van der Waals surface area contributed by atoms with Crippen LogP contribution in [0.5, 0.6) is 0 Å². The molecule has 0 fully saturated rings. The molecule has 0 aromatic heterocycles. The van der Waals surface area contributed by atoms with E-state index < -0.39 is 22.1 Å². The molecule has 0 atom stereocenters. The first-order valence-electron chi connectivity index (χ1n) is 12.1. The van der Waals surface area contributed by atoms with Gasteiger partial charge in [-0.05, 0) is 49.1 Å². The molecule has 0 aliphatic heterocycles. The molecule has 1 N–H and O–H groups in total. The number of rotatable bonds is 9. The molecule has 2 rings (SSSR count). The second kappa shape index (κ2) is 10.9. The van der Waals surface area contributed by atoms with Crippen LogP contribution < -0.4 is 15.3 Å². The second-order valence-electron chi connectivity index (χ2n) is 11.3. The molecule has 0 aliphatic carbocycles. The maximum Gasteiger partial charge on any atom is 0.328 e. The van der Waals surface area contributed by atoms with Gasteiger partial charge in [-0.25, -0.2) is 4.79 Å². The van der Waals surface area contributed by atoms with Gasteiger partial charge in [-0.2, -0.15) is 0 Å². The molecule has 0 heterocycles. The Kier molecular flexibility index (Phi) is 8.88. The minimum absolute atomic E-state index is 0.0398. The van der Waals surface area contributed by atoms with Gasteiger partial charge in [0.25, 0.3) is 5.91 Å². The van der Waals surface area contributed by atoms with Gasteiger partial charge in [0.2, 0.25) is 0 Å². The Morgan fingerprint density at radius 1 is 0.941 bits per heavy atom. The van der Waals surface area contributed by atoms with E-state index in [1.165, 1.54) is 16.4 Å². The Morgan fingerprint density at radius 3 is 1.94 bits per heavy atom. The Morgan fingerprint density at radius 2 is 1.50 bits per heavy atom. The van der Waals surface area contributed by atoms with Crippen LogP contribution in [0.15, 0.2) is 42.5 Å². The number of carboxylic acids is 1. The summed E-state index contributed by atoms with van der Waals surface area (Å²) in [5.74, 6) is -0.917. The Bertz CT molecular complexity index is 1060. The maximum absolute atomic E-state index is 14.0. The van der Waals surface area contributed by atoms with Gasteiger partial charge < -0.3 is 10.0 Å². The summed E-state index contributed by atoms with van der Waals surface area (Å²) < 4.78 is 0. The van der Waals surface area contributed by atoms with E-state index in [1.807, 2.05) is 30.0 Å². The first kappa shape index (κ1) is 27.8. The van der Waals surface area contributed by atoms with Gasteiger partial charge in [0.05, 0.1) is 16.1 Å². The molecule has 0 spiro atoms. The average molecular weight is 496 g/mol. The fourth-order valence-electron chi connectivity index (χ4n) is 3.96. The topological polar surface area (TPSA) is 57.6 Å². The van der Waals surface area contributed by atoms with Gasteiger partial charge in [-0.3, -0.25) is 4.79 Å². The van der Waals surface area contributed by atoms with Crippen LogP contribution in [0.3, 0.4) is 0 Å². The van der Waals surface area contributed by atoms with E-state index in [-0.39, 0.29) is 5.91 Å². The van der Waals surface area contributed by atoms with Crippen molar-refractivity contribution in [3.05, 3.63) is 59.2 Å². The molecule has 0 aliphatic rings. The molecule has 0 saturated heterocycles. The predicted octanol–water partition coefficient (Wildman–Crippen LogP) is 6.02. The number of hydrogen-bond donors (Lipinski definition) is 1. The molecule has 4 nitrogen and oxygen atoms in total. The van der Waals surface area contributed by atoms with E-state index >= 15 is 0 Å². The number of carbonyl (C=O) groups is 2. The van der Waals surface area contributed by atoms with E-state index in [4.69, 9.17) is 5.11 Å². The van der Waals surface area contributed by atoms with Crippen LogP contribution in [-0.2, 0) is 4.79 Å². The zero-order valence-corrected chi connectivity index (χ0v) is 24.4. The zero-order chi connectivity index (χ0) is 25.8. The Hall–Kier alpha value is -2.45. The number of hydrogen-bond acceptors (Lipinski definition) is 2. The third-order valence-electron chi connectivity index (χ3n) is 6.18. The van der Waals surface area contributed by atoms with Crippen molar-refractivity contribution in [2.75, 3.05) is 11.4 Å². The number of carboxylic acid groups (broad SMARTS) is 1. The van der Waals surface area contributed by atoms with E-state index in [0.29, 0.717) is 12.1 Å². The quantitative estimate of drug-likeness (QED) is 0.342. The van der Waals surface area contributed by atoms with Crippen molar-refractivity contribution in [3.63, 3.8) is 0 Å². The van der Waals surface area contributed by atoms with Gasteiger partial charge >= 0.3 is 5.97 Å². The molecule has 6 heteroatoms. The molecule has 1 amide bonds. The van der Waals surface area contributed by atoms with Crippen LogP contribution >= 0.6 is 0 Å². The van der Waals surface area contributed by atoms with Crippen molar-refractivity contribution in [3.8, 4) is 0 Å². The summed E-state index contributed by atoms with van der Waals surface area (Å²) in [7, 11) is -3.21. The van der Waals surface area contributed by atoms with Gasteiger partial charge in [-0.1, -0.05) is 87.3 Å². The van der Waals surface area contributed by atoms with Crippen molar-refractivity contribution < 1.29 is 14.7 Å². The summed E-state index contributed by atoms with van der Waals surface area (Å²) >= 11 is 0. The van der Waals surface area contributed by atoms with E-state index in [9.17, 15) is 9.59 Å². The number of aliphatic carboxylic acids is 1. The minimum atomic E-state index is -1.61. The molecular formula is C28H41NO3Si2. The lowest BCUT2D eigenvalue weighted by atomic mass is 10.00. The fourth-order valence-corrected chi connectivity index (χ4v) is 6.46. The highest BCUT2D eigenvalue weighted by molar-refractivity contribution is 6.91. The van der Waals surface area contributed by atoms with Gasteiger partial charge in [-0.15, -0.1) is 0 Å². The SMILES string of the molecule is CCCCN(C(=O)c1cc([Si](C)(C)C)cc([Si](C)(C)C)c1)c1ccc(C(C)=CC(=O)O)c(C)c1. The molecule has 184 valence electrons. The highest BCUT2D eigenvalue weighted by atomic mass is 28.3. The van der Waals surface area contributed by atoms with Crippen molar-refractivity contribution in [2.24, 2.45) is 0 Å². The van der Waals surface area contributed by atoms with Crippen LogP contribution in [0.2, 0.25) is 39.3 Å². The number of aryl methyl sites for hydroxylation is 1. The third kappa shape index (κ3) is 7.03. The van der Waals surface area contributed by atoms with Crippen molar-refractivity contribution in [1.82, 2.24) is 0 Å². The average Bonchev–Trinajstić information content (AvgIpc) is 2.71. The smallest absolute Gasteiger partial charge is 0.328 e. The number of unbranched alkanes of at least 4 members (excludes halogenated alkanes) is 1. The highest BCUT2D eigenvalue weighted by Crippen LogP contribution is 2.26. The standard InChI is InChI=1S/C28H41NO3Si2/c1-10-11-14-29(23-12-13-26(20(2)15-23)21(3)16-27(30)31)28(32)22-17-24(33(4,5)6)19-25(18-22)34(7,8)9/h12-13,15-19H,10-11,14H2,1-9H3,(H,30,31). The number of benzene rings is 2. The summed E-state index contributed by atoms with van der Waals surface area (Å²) in [4.78, 5) is 27.0. The van der Waals surface area contributed by atoms with Crippen LogP contribution in [0.4, 0.5) is 5.69 Å². The fraction of sp³-hybridized carbons (Fsp3) is 0.429. The molecule has 0 unspecified atom stereocenters. The van der Waals surface area contributed by atoms with Gasteiger partial charge in [0.1, 0.15) is 0 Å². The molecule has 34 heavy (non-hydrogen) atoms. The zero-order valence-electron chi connectivity index (χ0n) is 22.4. The molecular weight excluding hydrogens is 454 g/mol. The van der Waals surface area contributed by atoms with E-state index in [1.54, 1.807) is 6.92 Å². The number of amides is 1. The lowest BCUT2D eigenvalue weighted by molar-refractivity contribution is -0.131. The first-order valence-corrected chi connectivity index (χ1v) is 19.1. The summed E-state index contributed by atoms with van der Waals surface area (Å²) in [6, 6.07) is 12.5. The predicted molar refractivity (Wildman–Crippen MR) is 151 cm³/mol. The monoisotopic (exact) mass is 495 g/mol. The first-order chi connectivity index (χ1) is 15.6. The van der Waals surface area contributed by atoms with Gasteiger partial charge in [0, 0.05) is 23.9 Å². The molecule has 0 bridgehead atoms. The number of carbonyl (C=O) groups excluding carboxylic acids is 1. The molecule has 0 radical (unpaired) electrons. The summed E-state index contributed by atoms with van der Waals surface area (Å²) in [6.45, 7) is 20.5. The van der Waals surface area contributed by atoms with E-state index in [0.717, 1.165) is 35.2 Å². The maximum atomic E-state index is 14.0. The molecule has 2 aromatic rings. The van der Waals surface area contributed by atoms with Crippen molar-refractivity contribution in [2.45, 2.75) is 72.9 Å². The summed E-state index contributed by atoms with van der Waals surface area (Å²) in [6.07, 6.45) is 3.14. The third-order valence-corrected chi connectivity index (χ3v) is 10.2. The highest BCUT2D eigenvalue weighted by Gasteiger charge is 2.26. The van der Waals surface area contributed by atoms with E-state index in [2.05, 4.69) is 64.4 Å². The number of nitrogens with zero attached hydrogens (tertiary/aromatic N) is 1. The minimum Gasteiger partial charge on any atom is -0.478 e. The van der Waals surface area contributed by atoms with Crippen molar-refractivity contribution >= 4 is 49.7 Å². The summed E-state index contributed by atoms with van der Waals surface area (Å²) in [5.41, 5.74) is 4.18. The van der Waals surface area contributed by atoms with Crippen LogP contribution in [-0.4, -0.2) is 39.7 Å². The summed E-state index contributed by atoms with van der Waals surface area (Å²) in [5, 5.41) is 11.8. The lowest BCUT2D eigenvalue weighted by Gasteiger charge is -2.27.